The molecule has 0 spiro atoms. The van der Waals surface area contributed by atoms with Crippen molar-refractivity contribution in [2.24, 2.45) is 7.05 Å². The van der Waals surface area contributed by atoms with E-state index in [1.165, 1.54) is 8.99 Å². The minimum atomic E-state index is -3.14. The Morgan fingerprint density at radius 2 is 2.19 bits per heavy atom. The molecule has 0 bridgehead atoms. The summed E-state index contributed by atoms with van der Waals surface area (Å²) in [6.45, 7) is 2.92. The molecule has 0 saturated carbocycles. The first-order valence-electron chi connectivity index (χ1n) is 6.78. The lowest BCUT2D eigenvalue weighted by Crippen LogP contribution is -2.31. The zero-order valence-corrected chi connectivity index (χ0v) is 12.9. The van der Waals surface area contributed by atoms with Crippen LogP contribution in [0.2, 0.25) is 0 Å². The zero-order chi connectivity index (χ0) is 15.6. The standard InChI is InChI=1S/C11H19N5O4S/c1-3-9-10(16(17)18)11(14(2)13-9)12-5-7-15-6-4-8-21(15,19)20/h12H,3-8H2,1-2H3. The predicted octanol–water partition coefficient (Wildman–Crippen LogP) is 0.338. The molecule has 1 N–H and O–H groups in total. The first kappa shape index (κ1) is 15.7. The highest BCUT2D eigenvalue weighted by Crippen LogP contribution is 2.28. The molecule has 0 unspecified atom stereocenters. The summed E-state index contributed by atoms with van der Waals surface area (Å²) in [6.07, 6.45) is 1.10. The number of nitro groups is 1. The van der Waals surface area contributed by atoms with Crippen LogP contribution in [0.15, 0.2) is 0 Å². The van der Waals surface area contributed by atoms with Gasteiger partial charge in [-0.15, -0.1) is 0 Å². The van der Waals surface area contributed by atoms with E-state index in [1.807, 2.05) is 0 Å². The van der Waals surface area contributed by atoms with E-state index in [1.54, 1.807) is 14.0 Å². The molecule has 10 heteroatoms. The van der Waals surface area contributed by atoms with Gasteiger partial charge in [-0.25, -0.2) is 17.4 Å². The Kier molecular flexibility index (Phi) is 4.47. The van der Waals surface area contributed by atoms with E-state index in [-0.39, 0.29) is 11.4 Å². The first-order chi connectivity index (χ1) is 9.86. The molecule has 9 nitrogen and oxygen atoms in total. The summed E-state index contributed by atoms with van der Waals surface area (Å²) in [7, 11) is -1.51. The summed E-state index contributed by atoms with van der Waals surface area (Å²) >= 11 is 0. The molecule has 2 rings (SSSR count). The maximum atomic E-state index is 11.7. The second-order valence-corrected chi connectivity index (χ2v) is 6.96. The normalized spacial score (nSPS) is 18.0. The molecule has 1 aliphatic heterocycles. The summed E-state index contributed by atoms with van der Waals surface area (Å²) in [5, 5.41) is 18.2. The van der Waals surface area contributed by atoms with Crippen molar-refractivity contribution in [2.45, 2.75) is 19.8 Å². The topological polar surface area (TPSA) is 110 Å². The van der Waals surface area contributed by atoms with Crippen molar-refractivity contribution < 1.29 is 13.3 Å². The van der Waals surface area contributed by atoms with Crippen molar-refractivity contribution in [3.63, 3.8) is 0 Å². The maximum Gasteiger partial charge on any atom is 0.333 e. The van der Waals surface area contributed by atoms with Gasteiger partial charge in [0.25, 0.3) is 0 Å². The molecule has 1 saturated heterocycles. The molecule has 0 aromatic carbocycles. The number of aryl methyl sites for hydroxylation is 2. The average molecular weight is 317 g/mol. The molecule has 1 fully saturated rings. The Morgan fingerprint density at radius 3 is 2.71 bits per heavy atom. The monoisotopic (exact) mass is 317 g/mol. The van der Waals surface area contributed by atoms with Crippen molar-refractivity contribution in [2.75, 3.05) is 30.7 Å². The Morgan fingerprint density at radius 1 is 1.48 bits per heavy atom. The summed E-state index contributed by atoms with van der Waals surface area (Å²) < 4.78 is 26.2. The Labute approximate surface area is 123 Å². The van der Waals surface area contributed by atoms with Gasteiger partial charge in [0.05, 0.1) is 10.7 Å². The Balaban J connectivity index is 2.07. The van der Waals surface area contributed by atoms with Crippen molar-refractivity contribution in [3.05, 3.63) is 15.8 Å². The molecule has 0 atom stereocenters. The Bertz CT molecular complexity index is 639. The van der Waals surface area contributed by atoms with Crippen LogP contribution in [0, 0.1) is 10.1 Å². The molecule has 1 aromatic heterocycles. The molecule has 1 aromatic rings. The number of hydrogen-bond donors (Lipinski definition) is 1. The van der Waals surface area contributed by atoms with Gasteiger partial charge in [0.15, 0.2) is 0 Å². The smallest absolute Gasteiger partial charge is 0.333 e. The second-order valence-electron chi connectivity index (χ2n) is 4.87. The summed E-state index contributed by atoms with van der Waals surface area (Å²) in [5.41, 5.74) is 0.378. The largest absolute Gasteiger partial charge is 0.363 e. The van der Waals surface area contributed by atoms with E-state index < -0.39 is 14.9 Å². The molecular formula is C11H19N5O4S. The van der Waals surface area contributed by atoms with Gasteiger partial charge in [0.2, 0.25) is 15.8 Å². The molecule has 0 aliphatic carbocycles. The molecule has 0 amide bonds. The van der Waals surface area contributed by atoms with Crippen LogP contribution < -0.4 is 5.32 Å². The van der Waals surface area contributed by atoms with Crippen LogP contribution in [-0.2, 0) is 23.5 Å². The molecule has 2 heterocycles. The fraction of sp³-hybridized carbons (Fsp3) is 0.727. The predicted molar refractivity (Wildman–Crippen MR) is 77.7 cm³/mol. The second kappa shape index (κ2) is 5.98. The molecule has 0 radical (unpaired) electrons. The average Bonchev–Trinajstić information content (AvgIpc) is 2.90. The minimum absolute atomic E-state index is 0.0377. The number of sulfonamides is 1. The first-order valence-corrected chi connectivity index (χ1v) is 8.39. The van der Waals surface area contributed by atoms with Crippen LogP contribution in [0.5, 0.6) is 0 Å². The third-order valence-corrected chi connectivity index (χ3v) is 5.42. The van der Waals surface area contributed by atoms with Gasteiger partial charge < -0.3 is 5.32 Å². The highest BCUT2D eigenvalue weighted by atomic mass is 32.2. The van der Waals surface area contributed by atoms with Crippen LogP contribution in [0.25, 0.3) is 0 Å². The summed E-state index contributed by atoms with van der Waals surface area (Å²) in [5.74, 6) is 0.493. The third-order valence-electron chi connectivity index (χ3n) is 3.47. The number of rotatable bonds is 6. The highest BCUT2D eigenvalue weighted by molar-refractivity contribution is 7.89. The maximum absolute atomic E-state index is 11.7. The van der Waals surface area contributed by atoms with Crippen LogP contribution >= 0.6 is 0 Å². The van der Waals surface area contributed by atoms with Crippen LogP contribution in [-0.4, -0.2) is 52.8 Å². The number of nitrogens with zero attached hydrogens (tertiary/aromatic N) is 4. The van der Waals surface area contributed by atoms with Crippen molar-refractivity contribution >= 4 is 21.5 Å². The van der Waals surface area contributed by atoms with E-state index >= 15 is 0 Å². The van der Waals surface area contributed by atoms with Crippen LogP contribution in [0.1, 0.15) is 19.0 Å². The number of hydrogen-bond acceptors (Lipinski definition) is 6. The van der Waals surface area contributed by atoms with E-state index in [0.29, 0.717) is 44.0 Å². The third kappa shape index (κ3) is 3.16. The fourth-order valence-corrected chi connectivity index (χ4v) is 3.97. The van der Waals surface area contributed by atoms with Crippen LogP contribution in [0.3, 0.4) is 0 Å². The number of anilines is 1. The van der Waals surface area contributed by atoms with Gasteiger partial charge >= 0.3 is 5.69 Å². The lowest BCUT2D eigenvalue weighted by Gasteiger charge is -2.14. The number of aromatic nitrogens is 2. The summed E-state index contributed by atoms with van der Waals surface area (Å²) in [4.78, 5) is 10.7. The number of nitrogens with one attached hydrogen (secondary N) is 1. The van der Waals surface area contributed by atoms with Gasteiger partial charge in [-0.1, -0.05) is 6.92 Å². The van der Waals surface area contributed by atoms with Crippen molar-refractivity contribution in [1.82, 2.24) is 14.1 Å². The summed E-state index contributed by atoms with van der Waals surface area (Å²) in [6, 6.07) is 0. The van der Waals surface area contributed by atoms with Gasteiger partial charge in [-0.05, 0) is 12.8 Å². The fourth-order valence-electron chi connectivity index (χ4n) is 2.44. The molecule has 21 heavy (non-hydrogen) atoms. The van der Waals surface area contributed by atoms with Gasteiger partial charge in [-0.3, -0.25) is 10.1 Å². The van der Waals surface area contributed by atoms with E-state index in [0.717, 1.165) is 0 Å². The van der Waals surface area contributed by atoms with Gasteiger partial charge in [-0.2, -0.15) is 5.10 Å². The van der Waals surface area contributed by atoms with E-state index in [9.17, 15) is 18.5 Å². The van der Waals surface area contributed by atoms with Crippen molar-refractivity contribution in [1.29, 1.82) is 0 Å². The van der Waals surface area contributed by atoms with E-state index in [4.69, 9.17) is 0 Å². The molecular weight excluding hydrogens is 298 g/mol. The molecule has 1 aliphatic rings. The van der Waals surface area contributed by atoms with Gasteiger partial charge in [0.1, 0.15) is 5.69 Å². The SMILES string of the molecule is CCc1nn(C)c(NCCN2CCCS2(=O)=O)c1[N+](=O)[O-]. The van der Waals surface area contributed by atoms with E-state index in [2.05, 4.69) is 10.4 Å². The zero-order valence-electron chi connectivity index (χ0n) is 12.1. The lowest BCUT2D eigenvalue weighted by atomic mass is 10.3. The quantitative estimate of drug-likeness (QED) is 0.598. The lowest BCUT2D eigenvalue weighted by molar-refractivity contribution is -0.384. The Hall–Kier alpha value is -1.68. The highest BCUT2D eigenvalue weighted by Gasteiger charge is 2.29. The van der Waals surface area contributed by atoms with Crippen molar-refractivity contribution in [3.8, 4) is 0 Å². The van der Waals surface area contributed by atoms with Crippen LogP contribution in [0.4, 0.5) is 11.5 Å². The minimum Gasteiger partial charge on any atom is -0.363 e. The molecule has 118 valence electrons. The van der Waals surface area contributed by atoms with Gasteiger partial charge in [0, 0.05) is 26.7 Å².